The lowest BCUT2D eigenvalue weighted by Crippen LogP contribution is -2.31. The molecule has 0 aliphatic rings. The molecule has 0 N–H and O–H groups in total. The largest absolute Gasteiger partial charge is 0.493 e. The van der Waals surface area contributed by atoms with E-state index in [0.717, 1.165) is 6.26 Å². The van der Waals surface area contributed by atoms with Crippen molar-refractivity contribution in [2.75, 3.05) is 25.7 Å². The van der Waals surface area contributed by atoms with Crippen molar-refractivity contribution < 1.29 is 17.9 Å². The van der Waals surface area contributed by atoms with Gasteiger partial charge in [-0.25, -0.2) is 13.2 Å². The van der Waals surface area contributed by atoms with Gasteiger partial charge >= 0.3 is 5.69 Å². The number of rotatable bonds is 8. The van der Waals surface area contributed by atoms with Gasteiger partial charge in [-0.1, -0.05) is 17.7 Å². The fourth-order valence-electron chi connectivity index (χ4n) is 3.55. The Hall–Kier alpha value is -2.96. The standard InChI is InChI=1S/C21H22ClN3O5S/c1-4-30-20-11-14(5-8-19(20)29-2)18(13-31(3,27)28)25-16-7-6-15(22)12-17(16)24(10-9-23)21(25)26/h5-8,11-12,18H,4,10,13H2,1-3H3/t18-/m1/s1. The Balaban J connectivity index is 2.32. The lowest BCUT2D eigenvalue weighted by atomic mass is 10.1. The average molecular weight is 464 g/mol. The molecule has 0 aliphatic heterocycles. The van der Waals surface area contributed by atoms with Crippen LogP contribution in [0.5, 0.6) is 11.5 Å². The van der Waals surface area contributed by atoms with Crippen molar-refractivity contribution in [1.29, 1.82) is 5.26 Å². The zero-order chi connectivity index (χ0) is 22.8. The van der Waals surface area contributed by atoms with Gasteiger partial charge in [0.05, 0.1) is 42.6 Å². The smallest absolute Gasteiger partial charge is 0.330 e. The number of halogens is 1. The van der Waals surface area contributed by atoms with Crippen LogP contribution in [-0.2, 0) is 16.4 Å². The lowest BCUT2D eigenvalue weighted by molar-refractivity contribution is 0.310. The van der Waals surface area contributed by atoms with Crippen LogP contribution < -0.4 is 15.2 Å². The van der Waals surface area contributed by atoms with Gasteiger partial charge in [-0.2, -0.15) is 5.26 Å². The van der Waals surface area contributed by atoms with Crippen LogP contribution in [0.4, 0.5) is 0 Å². The van der Waals surface area contributed by atoms with E-state index in [1.807, 2.05) is 13.0 Å². The summed E-state index contributed by atoms with van der Waals surface area (Å²) >= 11 is 6.11. The number of hydrogen-bond donors (Lipinski definition) is 0. The minimum atomic E-state index is -3.49. The van der Waals surface area contributed by atoms with Gasteiger partial charge in [0.2, 0.25) is 0 Å². The van der Waals surface area contributed by atoms with Crippen LogP contribution in [0, 0.1) is 11.3 Å². The van der Waals surface area contributed by atoms with Crippen molar-refractivity contribution in [3.8, 4) is 17.6 Å². The second kappa shape index (κ2) is 9.04. The summed E-state index contributed by atoms with van der Waals surface area (Å²) in [4.78, 5) is 13.3. The molecule has 1 atom stereocenters. The van der Waals surface area contributed by atoms with Crippen LogP contribution in [0.3, 0.4) is 0 Å². The van der Waals surface area contributed by atoms with E-state index in [1.165, 1.54) is 16.2 Å². The second-order valence-corrected chi connectivity index (χ2v) is 9.60. The number of nitrogens with zero attached hydrogens (tertiary/aromatic N) is 3. The maximum absolute atomic E-state index is 13.3. The summed E-state index contributed by atoms with van der Waals surface area (Å²) in [6, 6.07) is 11.0. The van der Waals surface area contributed by atoms with Gasteiger partial charge in [-0.05, 0) is 42.8 Å². The van der Waals surface area contributed by atoms with Gasteiger partial charge in [0.15, 0.2) is 11.5 Å². The number of fused-ring (bicyclic) bond motifs is 1. The summed E-state index contributed by atoms with van der Waals surface area (Å²) in [7, 11) is -1.98. The summed E-state index contributed by atoms with van der Waals surface area (Å²) in [5.74, 6) is 0.617. The van der Waals surface area contributed by atoms with Gasteiger partial charge in [0.25, 0.3) is 0 Å². The predicted molar refractivity (Wildman–Crippen MR) is 119 cm³/mol. The van der Waals surface area contributed by atoms with E-state index in [4.69, 9.17) is 21.1 Å². The highest BCUT2D eigenvalue weighted by molar-refractivity contribution is 7.90. The molecule has 8 nitrogen and oxygen atoms in total. The minimum Gasteiger partial charge on any atom is -0.493 e. The molecule has 10 heteroatoms. The van der Waals surface area contributed by atoms with E-state index in [-0.39, 0.29) is 12.3 Å². The van der Waals surface area contributed by atoms with Crippen LogP contribution in [0.1, 0.15) is 18.5 Å². The molecule has 0 fully saturated rings. The van der Waals surface area contributed by atoms with Crippen molar-refractivity contribution in [1.82, 2.24) is 9.13 Å². The Bertz CT molecular complexity index is 1320. The molecule has 0 radical (unpaired) electrons. The molecule has 31 heavy (non-hydrogen) atoms. The third-order valence-electron chi connectivity index (χ3n) is 4.80. The summed E-state index contributed by atoms with van der Waals surface area (Å²) < 4.78 is 38.2. The molecule has 0 bridgehead atoms. The van der Waals surface area contributed by atoms with Gasteiger partial charge in [-0.3, -0.25) is 9.13 Å². The summed E-state index contributed by atoms with van der Waals surface area (Å²) in [6.07, 6.45) is 1.11. The number of benzene rings is 2. The molecular formula is C21H22ClN3O5S. The van der Waals surface area contributed by atoms with Crippen LogP contribution in [0.25, 0.3) is 11.0 Å². The lowest BCUT2D eigenvalue weighted by Gasteiger charge is -2.20. The van der Waals surface area contributed by atoms with Crippen molar-refractivity contribution in [2.45, 2.75) is 19.5 Å². The number of methoxy groups -OCH3 is 1. The topological polar surface area (TPSA) is 103 Å². The van der Waals surface area contributed by atoms with Gasteiger partial charge in [0.1, 0.15) is 16.4 Å². The normalized spacial score (nSPS) is 12.5. The molecule has 0 saturated carbocycles. The van der Waals surface area contributed by atoms with Crippen molar-refractivity contribution in [3.63, 3.8) is 0 Å². The first-order chi connectivity index (χ1) is 14.7. The third-order valence-corrected chi connectivity index (χ3v) is 5.95. The van der Waals surface area contributed by atoms with Gasteiger partial charge in [-0.15, -0.1) is 0 Å². The molecule has 3 aromatic rings. The van der Waals surface area contributed by atoms with E-state index in [1.54, 1.807) is 36.4 Å². The molecule has 3 rings (SSSR count). The third kappa shape index (κ3) is 4.70. The van der Waals surface area contributed by atoms with Crippen molar-refractivity contribution in [2.24, 2.45) is 0 Å². The van der Waals surface area contributed by atoms with Gasteiger partial charge in [0, 0.05) is 11.3 Å². The SMILES string of the molecule is CCOc1cc([C@@H](CS(C)(=O)=O)n2c(=O)n(CC#N)c3cc(Cl)ccc32)ccc1OC. The Kier molecular flexibility index (Phi) is 6.62. The highest BCUT2D eigenvalue weighted by Crippen LogP contribution is 2.33. The Morgan fingerprint density at radius 3 is 2.52 bits per heavy atom. The molecule has 164 valence electrons. The van der Waals surface area contributed by atoms with E-state index < -0.39 is 21.6 Å². The fraction of sp³-hybridized carbons (Fsp3) is 0.333. The molecule has 0 spiro atoms. The number of nitriles is 1. The first-order valence-corrected chi connectivity index (χ1v) is 11.9. The van der Waals surface area contributed by atoms with Crippen LogP contribution in [-0.4, -0.2) is 43.3 Å². The van der Waals surface area contributed by atoms with E-state index in [9.17, 15) is 18.5 Å². The summed E-state index contributed by atoms with van der Waals surface area (Å²) in [5, 5.41) is 9.60. The highest BCUT2D eigenvalue weighted by Gasteiger charge is 2.26. The van der Waals surface area contributed by atoms with Crippen molar-refractivity contribution in [3.05, 3.63) is 57.5 Å². The van der Waals surface area contributed by atoms with Crippen LogP contribution in [0.2, 0.25) is 5.02 Å². The first-order valence-electron chi connectivity index (χ1n) is 9.45. The Morgan fingerprint density at radius 2 is 1.90 bits per heavy atom. The highest BCUT2D eigenvalue weighted by atomic mass is 35.5. The molecule has 2 aromatic carbocycles. The molecular weight excluding hydrogens is 442 g/mol. The quantitative estimate of drug-likeness (QED) is 0.508. The monoisotopic (exact) mass is 463 g/mol. The fourth-order valence-corrected chi connectivity index (χ4v) is 4.63. The summed E-state index contributed by atoms with van der Waals surface area (Å²) in [5.41, 5.74) is 0.993. The van der Waals surface area contributed by atoms with Crippen molar-refractivity contribution >= 4 is 32.5 Å². The maximum atomic E-state index is 13.3. The van der Waals surface area contributed by atoms with E-state index in [2.05, 4.69) is 0 Å². The Morgan fingerprint density at radius 1 is 1.16 bits per heavy atom. The van der Waals surface area contributed by atoms with Crippen LogP contribution in [0.15, 0.2) is 41.2 Å². The molecule has 0 unspecified atom stereocenters. The maximum Gasteiger partial charge on any atom is 0.330 e. The molecule has 1 aromatic heterocycles. The predicted octanol–water partition coefficient (Wildman–Crippen LogP) is 3.02. The second-order valence-electron chi connectivity index (χ2n) is 6.98. The number of ether oxygens (including phenoxy) is 2. The zero-order valence-electron chi connectivity index (χ0n) is 17.3. The molecule has 0 saturated heterocycles. The average Bonchev–Trinajstić information content (AvgIpc) is 2.97. The number of sulfone groups is 1. The zero-order valence-corrected chi connectivity index (χ0v) is 18.9. The number of hydrogen-bond acceptors (Lipinski definition) is 6. The van der Waals surface area contributed by atoms with Gasteiger partial charge < -0.3 is 9.47 Å². The number of imidazole rings is 1. The molecule has 0 amide bonds. The Labute approximate surface area is 185 Å². The summed E-state index contributed by atoms with van der Waals surface area (Å²) in [6.45, 7) is 2.02. The van der Waals surface area contributed by atoms with Crippen LogP contribution >= 0.6 is 11.6 Å². The molecule has 1 heterocycles. The van der Waals surface area contributed by atoms with E-state index in [0.29, 0.717) is 39.7 Å². The number of aromatic nitrogens is 2. The minimum absolute atomic E-state index is 0.193. The van der Waals surface area contributed by atoms with E-state index >= 15 is 0 Å². The molecule has 0 aliphatic carbocycles. The first kappa shape index (κ1) is 22.7.